The van der Waals surface area contributed by atoms with Crippen molar-refractivity contribution in [2.75, 3.05) is 19.8 Å². The van der Waals surface area contributed by atoms with Crippen LogP contribution in [0.1, 0.15) is 278 Å². The van der Waals surface area contributed by atoms with Crippen LogP contribution in [0, 0.1) is 0 Å². The van der Waals surface area contributed by atoms with E-state index in [1.165, 1.54) is 154 Å². The van der Waals surface area contributed by atoms with Gasteiger partial charge in [-0.1, -0.05) is 240 Å². The molecule has 1 unspecified atom stereocenters. The molecule has 0 fully saturated rings. The number of unbranched alkanes of at least 4 members (excludes halogenated alkanes) is 27. The van der Waals surface area contributed by atoms with Gasteiger partial charge in [0.05, 0.1) is 6.61 Å². The quantitative estimate of drug-likeness (QED) is 0.0345. The molecule has 0 aromatic heterocycles. The van der Waals surface area contributed by atoms with Crippen LogP contribution in [0.15, 0.2) is 97.2 Å². The second-order valence-electron chi connectivity index (χ2n) is 19.5. The summed E-state index contributed by atoms with van der Waals surface area (Å²) in [5, 5.41) is 0. The molecule has 0 heterocycles. The molecule has 0 aliphatic rings. The van der Waals surface area contributed by atoms with E-state index in [0.717, 1.165) is 89.9 Å². The largest absolute Gasteiger partial charge is 0.462 e. The third-order valence-corrected chi connectivity index (χ3v) is 12.6. The normalized spacial score (nSPS) is 12.9. The molecule has 0 radical (unpaired) electrons. The molecule has 1 atom stereocenters. The first-order chi connectivity index (χ1) is 34.6. The highest BCUT2D eigenvalue weighted by Gasteiger charge is 2.17. The van der Waals surface area contributed by atoms with Crippen LogP contribution in [-0.2, 0) is 23.8 Å². The zero-order chi connectivity index (χ0) is 50.6. The molecule has 5 nitrogen and oxygen atoms in total. The van der Waals surface area contributed by atoms with E-state index in [2.05, 4.69) is 118 Å². The van der Waals surface area contributed by atoms with Gasteiger partial charge >= 0.3 is 11.9 Å². The first-order valence-corrected chi connectivity index (χ1v) is 29.8. The molecule has 0 aromatic carbocycles. The Kier molecular flexibility index (Phi) is 57.4. The Morgan fingerprint density at radius 2 is 0.643 bits per heavy atom. The molecule has 402 valence electrons. The van der Waals surface area contributed by atoms with Crippen molar-refractivity contribution in [1.29, 1.82) is 0 Å². The lowest BCUT2D eigenvalue weighted by Crippen LogP contribution is -2.30. The van der Waals surface area contributed by atoms with Gasteiger partial charge in [0.25, 0.3) is 0 Å². The van der Waals surface area contributed by atoms with Crippen LogP contribution in [0.2, 0.25) is 0 Å². The van der Waals surface area contributed by atoms with Crippen LogP contribution in [0.3, 0.4) is 0 Å². The average Bonchev–Trinajstić information content (AvgIpc) is 3.36. The van der Waals surface area contributed by atoms with Gasteiger partial charge < -0.3 is 14.2 Å². The Bertz CT molecular complexity index is 1330. The first kappa shape index (κ1) is 66.8. The zero-order valence-corrected chi connectivity index (χ0v) is 46.3. The van der Waals surface area contributed by atoms with Crippen molar-refractivity contribution in [1.82, 2.24) is 0 Å². The van der Waals surface area contributed by atoms with E-state index in [1.54, 1.807) is 0 Å². The fourth-order valence-electron chi connectivity index (χ4n) is 8.15. The van der Waals surface area contributed by atoms with Crippen molar-refractivity contribution in [2.45, 2.75) is 284 Å². The van der Waals surface area contributed by atoms with Crippen molar-refractivity contribution in [3.8, 4) is 0 Å². The summed E-state index contributed by atoms with van der Waals surface area (Å²) < 4.78 is 17.5. The molecule has 5 heteroatoms. The number of hydrogen-bond donors (Lipinski definition) is 0. The van der Waals surface area contributed by atoms with Crippen LogP contribution in [0.4, 0.5) is 0 Å². The highest BCUT2D eigenvalue weighted by molar-refractivity contribution is 5.70. The van der Waals surface area contributed by atoms with Crippen LogP contribution in [0.25, 0.3) is 0 Å². The Hall–Kier alpha value is -3.18. The van der Waals surface area contributed by atoms with E-state index in [9.17, 15) is 9.59 Å². The highest BCUT2D eigenvalue weighted by atomic mass is 16.6. The van der Waals surface area contributed by atoms with Gasteiger partial charge in [0.1, 0.15) is 6.61 Å². The third kappa shape index (κ3) is 57.4. The lowest BCUT2D eigenvalue weighted by atomic mass is 10.1. The molecule has 0 aliphatic carbocycles. The van der Waals surface area contributed by atoms with Gasteiger partial charge in [-0.2, -0.15) is 0 Å². The van der Waals surface area contributed by atoms with Crippen molar-refractivity contribution < 1.29 is 23.8 Å². The van der Waals surface area contributed by atoms with Gasteiger partial charge in [0, 0.05) is 19.4 Å². The van der Waals surface area contributed by atoms with E-state index in [0.29, 0.717) is 19.4 Å². The van der Waals surface area contributed by atoms with Gasteiger partial charge in [-0.05, 0) is 122 Å². The Morgan fingerprint density at radius 3 is 1.03 bits per heavy atom. The lowest BCUT2D eigenvalue weighted by Gasteiger charge is -2.18. The molecule has 0 amide bonds. The molecule has 0 N–H and O–H groups in total. The van der Waals surface area contributed by atoms with E-state index >= 15 is 0 Å². The van der Waals surface area contributed by atoms with Gasteiger partial charge in [0.2, 0.25) is 0 Å². The van der Waals surface area contributed by atoms with Crippen molar-refractivity contribution in [3.63, 3.8) is 0 Å². The zero-order valence-electron chi connectivity index (χ0n) is 46.3. The average molecular weight is 974 g/mol. The van der Waals surface area contributed by atoms with Crippen LogP contribution < -0.4 is 0 Å². The number of carbonyl (C=O) groups is 2. The first-order valence-electron chi connectivity index (χ1n) is 29.8. The topological polar surface area (TPSA) is 61.8 Å². The van der Waals surface area contributed by atoms with Gasteiger partial charge in [-0.25, -0.2) is 0 Å². The Labute approximate surface area is 434 Å². The van der Waals surface area contributed by atoms with Gasteiger partial charge in [0.15, 0.2) is 6.10 Å². The number of allylic oxidation sites excluding steroid dienone is 16. The van der Waals surface area contributed by atoms with Crippen molar-refractivity contribution in [3.05, 3.63) is 97.2 Å². The predicted molar refractivity (Wildman–Crippen MR) is 306 cm³/mol. The second kappa shape index (κ2) is 60.1. The molecule has 0 aliphatic heterocycles. The molecule has 0 spiro atoms. The third-order valence-electron chi connectivity index (χ3n) is 12.6. The molecule has 0 aromatic rings. The maximum Gasteiger partial charge on any atom is 0.306 e. The number of rotatable bonds is 54. The van der Waals surface area contributed by atoms with E-state index in [1.807, 2.05) is 0 Å². The minimum atomic E-state index is -0.556. The SMILES string of the molecule is CC/C=C\C/C=C\C/C=C\C/C=C\CCCCCCCCCOCC(COC(=O)CCCCCCCCC/C=C\C/C=C\CCCCC)OC(=O)CCCCCCCCC/C=C\C/C=C\CCCCC. The summed E-state index contributed by atoms with van der Waals surface area (Å²) in [6.07, 6.45) is 81.4. The molecule has 0 bridgehead atoms. The molecular weight excluding hydrogens is 861 g/mol. The fraction of sp³-hybridized carbons (Fsp3) is 0.723. The van der Waals surface area contributed by atoms with Gasteiger partial charge in [-0.3, -0.25) is 9.59 Å². The summed E-state index contributed by atoms with van der Waals surface area (Å²) in [4.78, 5) is 25.6. The van der Waals surface area contributed by atoms with Crippen LogP contribution in [-0.4, -0.2) is 37.9 Å². The van der Waals surface area contributed by atoms with Crippen molar-refractivity contribution in [2.24, 2.45) is 0 Å². The Balaban J connectivity index is 4.34. The van der Waals surface area contributed by atoms with Crippen LogP contribution in [0.5, 0.6) is 0 Å². The summed E-state index contributed by atoms with van der Waals surface area (Å²) in [6.45, 7) is 7.65. The molecule has 0 saturated heterocycles. The number of esters is 2. The molecule has 70 heavy (non-hydrogen) atoms. The van der Waals surface area contributed by atoms with E-state index in [4.69, 9.17) is 14.2 Å². The summed E-state index contributed by atoms with van der Waals surface area (Å²) >= 11 is 0. The number of carbonyl (C=O) groups excluding carboxylic acids is 2. The molecular formula is C65H112O5. The maximum absolute atomic E-state index is 12.9. The van der Waals surface area contributed by atoms with Gasteiger partial charge in [-0.15, -0.1) is 0 Å². The summed E-state index contributed by atoms with van der Waals surface area (Å²) in [6, 6.07) is 0. The van der Waals surface area contributed by atoms with Crippen LogP contribution >= 0.6 is 0 Å². The number of hydrogen-bond acceptors (Lipinski definition) is 5. The predicted octanol–water partition coefficient (Wildman–Crippen LogP) is 20.6. The molecule has 0 rings (SSSR count). The monoisotopic (exact) mass is 973 g/mol. The minimum absolute atomic E-state index is 0.0696. The maximum atomic E-state index is 12.9. The molecule has 0 saturated carbocycles. The standard InChI is InChI=1S/C65H112O5/c1-4-7-10-13-16-19-22-25-28-31-32-33-36-39-42-45-48-51-54-57-60-68-61-63(70-65(67)59-56-53-50-47-44-41-38-35-30-27-24-21-18-15-12-9-6-3)62-69-64(66)58-55-52-49-46-43-40-37-34-29-26-23-20-17-14-11-8-5-2/h7,10,16-21,25-30,32-33,63H,4-6,8-9,11-15,22-24,31,34-62H2,1-3H3/b10-7-,19-16-,20-17-,21-18-,28-25-,29-26-,30-27-,33-32-. The van der Waals surface area contributed by atoms with Crippen molar-refractivity contribution >= 4 is 11.9 Å². The number of ether oxygens (including phenoxy) is 3. The highest BCUT2D eigenvalue weighted by Crippen LogP contribution is 2.14. The van der Waals surface area contributed by atoms with E-state index in [-0.39, 0.29) is 25.2 Å². The second-order valence-corrected chi connectivity index (χ2v) is 19.5. The smallest absolute Gasteiger partial charge is 0.306 e. The summed E-state index contributed by atoms with van der Waals surface area (Å²) in [5.41, 5.74) is 0. The summed E-state index contributed by atoms with van der Waals surface area (Å²) in [7, 11) is 0. The minimum Gasteiger partial charge on any atom is -0.462 e. The fourth-order valence-corrected chi connectivity index (χ4v) is 8.15. The van der Waals surface area contributed by atoms with E-state index < -0.39 is 6.10 Å². The lowest BCUT2D eigenvalue weighted by molar-refractivity contribution is -0.163. The summed E-state index contributed by atoms with van der Waals surface area (Å²) in [5.74, 6) is -0.418. The Morgan fingerprint density at radius 1 is 0.329 bits per heavy atom.